The van der Waals surface area contributed by atoms with E-state index in [-0.39, 0.29) is 13.2 Å². The van der Waals surface area contributed by atoms with Gasteiger partial charge in [-0.1, -0.05) is 6.07 Å². The van der Waals surface area contributed by atoms with Crippen LogP contribution in [0, 0.1) is 5.92 Å². The van der Waals surface area contributed by atoms with E-state index < -0.39 is 24.0 Å². The van der Waals surface area contributed by atoms with Crippen LogP contribution in [0.5, 0.6) is 0 Å². The average Bonchev–Trinajstić information content (AvgIpc) is 2.49. The molecule has 0 aromatic carbocycles. The lowest BCUT2D eigenvalue weighted by molar-refractivity contribution is -0.169. The Bertz CT molecular complexity index is 445. The molecule has 0 fully saturated rings. The number of carbonyl (C=O) groups is 2. The normalized spacial score (nSPS) is 12.0. The van der Waals surface area contributed by atoms with Crippen LogP contribution in [-0.2, 0) is 30.2 Å². The van der Waals surface area contributed by atoms with Crippen molar-refractivity contribution in [1.82, 2.24) is 4.98 Å². The van der Waals surface area contributed by atoms with Crippen LogP contribution in [0.4, 0.5) is 0 Å². The van der Waals surface area contributed by atoms with Gasteiger partial charge in [-0.25, -0.2) is 0 Å². The van der Waals surface area contributed by atoms with E-state index in [9.17, 15) is 9.59 Å². The molecule has 1 heterocycles. The molecule has 1 atom stereocenters. The molecule has 0 aliphatic carbocycles. The molecular formula is C16H23NO5. The number of hydrogen-bond acceptors (Lipinski definition) is 6. The quantitative estimate of drug-likeness (QED) is 0.511. The monoisotopic (exact) mass is 309 g/mol. The standard InChI is InChI=1S/C16H23NO5/c1-4-20-13(11-12-9-7-8-10-17-12)14(15(18)21-5-2)16(19)22-6-3/h7-10,13-14H,4-6,11H2,1-3H3. The van der Waals surface area contributed by atoms with Gasteiger partial charge in [0.25, 0.3) is 0 Å². The molecule has 6 nitrogen and oxygen atoms in total. The zero-order valence-electron chi connectivity index (χ0n) is 13.3. The minimum Gasteiger partial charge on any atom is -0.465 e. The van der Waals surface area contributed by atoms with Gasteiger partial charge in [0.1, 0.15) is 0 Å². The van der Waals surface area contributed by atoms with Crippen LogP contribution in [-0.4, -0.2) is 42.8 Å². The Hall–Kier alpha value is -1.95. The molecule has 0 saturated carbocycles. The van der Waals surface area contributed by atoms with Gasteiger partial charge in [0.05, 0.1) is 19.3 Å². The first-order valence-corrected chi connectivity index (χ1v) is 7.48. The maximum Gasteiger partial charge on any atom is 0.323 e. The topological polar surface area (TPSA) is 74.7 Å². The highest BCUT2D eigenvalue weighted by Gasteiger charge is 2.38. The summed E-state index contributed by atoms with van der Waals surface area (Å²) >= 11 is 0. The Labute approximate surface area is 130 Å². The number of aromatic nitrogens is 1. The maximum absolute atomic E-state index is 12.1. The van der Waals surface area contributed by atoms with Gasteiger partial charge in [0, 0.05) is 24.9 Å². The highest BCUT2D eigenvalue weighted by molar-refractivity contribution is 5.95. The van der Waals surface area contributed by atoms with E-state index in [1.807, 2.05) is 12.1 Å². The predicted molar refractivity (Wildman–Crippen MR) is 80.1 cm³/mol. The van der Waals surface area contributed by atoms with Crippen LogP contribution in [0.25, 0.3) is 0 Å². The number of esters is 2. The minimum atomic E-state index is -1.11. The van der Waals surface area contributed by atoms with Crippen molar-refractivity contribution in [3.8, 4) is 0 Å². The van der Waals surface area contributed by atoms with Gasteiger partial charge >= 0.3 is 11.9 Å². The Kier molecular flexibility index (Phi) is 8.14. The second-order valence-corrected chi connectivity index (χ2v) is 4.50. The first-order chi connectivity index (χ1) is 10.6. The van der Waals surface area contributed by atoms with Gasteiger partial charge < -0.3 is 14.2 Å². The molecule has 1 aromatic rings. The zero-order valence-corrected chi connectivity index (χ0v) is 13.3. The molecule has 0 saturated heterocycles. The molecule has 6 heteroatoms. The van der Waals surface area contributed by atoms with Gasteiger partial charge in [0.2, 0.25) is 0 Å². The van der Waals surface area contributed by atoms with Crippen LogP contribution < -0.4 is 0 Å². The number of pyridine rings is 1. The summed E-state index contributed by atoms with van der Waals surface area (Å²) in [4.78, 5) is 28.5. The summed E-state index contributed by atoms with van der Waals surface area (Å²) in [6.07, 6.45) is 1.32. The van der Waals surface area contributed by atoms with Crippen LogP contribution >= 0.6 is 0 Å². The van der Waals surface area contributed by atoms with Crippen molar-refractivity contribution in [3.05, 3.63) is 30.1 Å². The second kappa shape index (κ2) is 9.89. The molecule has 0 aliphatic rings. The van der Waals surface area contributed by atoms with Crippen LogP contribution in [0.3, 0.4) is 0 Å². The maximum atomic E-state index is 12.1. The molecule has 0 spiro atoms. The Balaban J connectivity index is 2.97. The molecule has 1 aromatic heterocycles. The molecule has 0 bridgehead atoms. The number of rotatable bonds is 9. The number of carbonyl (C=O) groups excluding carboxylic acids is 2. The molecule has 0 N–H and O–H groups in total. The lowest BCUT2D eigenvalue weighted by Gasteiger charge is -2.23. The molecule has 0 aliphatic heterocycles. The Morgan fingerprint density at radius 3 is 2.14 bits per heavy atom. The number of nitrogens with zero attached hydrogens (tertiary/aromatic N) is 1. The fourth-order valence-electron chi connectivity index (χ4n) is 2.08. The van der Waals surface area contributed by atoms with Gasteiger partial charge in [-0.3, -0.25) is 14.6 Å². The molecular weight excluding hydrogens is 286 g/mol. The Morgan fingerprint density at radius 2 is 1.68 bits per heavy atom. The lowest BCUT2D eigenvalue weighted by atomic mass is 9.97. The SMILES string of the molecule is CCOC(=O)C(C(=O)OCC)C(Cc1ccccn1)OCC. The molecule has 22 heavy (non-hydrogen) atoms. The number of hydrogen-bond donors (Lipinski definition) is 0. The summed E-state index contributed by atoms with van der Waals surface area (Å²) in [6.45, 7) is 5.93. The van der Waals surface area contributed by atoms with Crippen molar-refractivity contribution in [2.75, 3.05) is 19.8 Å². The van der Waals surface area contributed by atoms with Crippen molar-refractivity contribution in [2.24, 2.45) is 5.92 Å². The molecule has 1 unspecified atom stereocenters. The first-order valence-electron chi connectivity index (χ1n) is 7.48. The van der Waals surface area contributed by atoms with E-state index in [4.69, 9.17) is 14.2 Å². The summed E-state index contributed by atoms with van der Waals surface area (Å²) in [7, 11) is 0. The second-order valence-electron chi connectivity index (χ2n) is 4.50. The number of ether oxygens (including phenoxy) is 3. The molecule has 122 valence electrons. The van der Waals surface area contributed by atoms with Crippen LogP contribution in [0.2, 0.25) is 0 Å². The molecule has 1 rings (SSSR count). The van der Waals surface area contributed by atoms with Crippen molar-refractivity contribution < 1.29 is 23.8 Å². The summed E-state index contributed by atoms with van der Waals surface area (Å²) in [5.41, 5.74) is 0.736. The summed E-state index contributed by atoms with van der Waals surface area (Å²) in [5.74, 6) is -2.37. The fraction of sp³-hybridized carbons (Fsp3) is 0.562. The highest BCUT2D eigenvalue weighted by atomic mass is 16.6. The third kappa shape index (κ3) is 5.44. The molecule has 0 radical (unpaired) electrons. The average molecular weight is 309 g/mol. The van der Waals surface area contributed by atoms with Crippen LogP contribution in [0.15, 0.2) is 24.4 Å². The van der Waals surface area contributed by atoms with E-state index in [2.05, 4.69) is 4.98 Å². The fourth-order valence-corrected chi connectivity index (χ4v) is 2.08. The zero-order chi connectivity index (χ0) is 16.4. The predicted octanol–water partition coefficient (Wildman–Crippen LogP) is 1.77. The van der Waals surface area contributed by atoms with Crippen molar-refractivity contribution >= 4 is 11.9 Å². The largest absolute Gasteiger partial charge is 0.465 e. The summed E-state index contributed by atoms with van der Waals surface area (Å²) in [5, 5.41) is 0. The van der Waals surface area contributed by atoms with E-state index >= 15 is 0 Å². The first kappa shape index (κ1) is 18.1. The lowest BCUT2D eigenvalue weighted by Crippen LogP contribution is -2.40. The van der Waals surface area contributed by atoms with Crippen molar-refractivity contribution in [1.29, 1.82) is 0 Å². The van der Waals surface area contributed by atoms with Crippen molar-refractivity contribution in [3.63, 3.8) is 0 Å². The Morgan fingerprint density at radius 1 is 1.05 bits per heavy atom. The van der Waals surface area contributed by atoms with Gasteiger partial charge in [-0.15, -0.1) is 0 Å². The third-order valence-corrected chi connectivity index (χ3v) is 2.97. The van der Waals surface area contributed by atoms with Crippen LogP contribution in [0.1, 0.15) is 26.5 Å². The van der Waals surface area contributed by atoms with Gasteiger partial charge in [-0.05, 0) is 32.9 Å². The molecule has 0 amide bonds. The van der Waals surface area contributed by atoms with Gasteiger partial charge in [0.15, 0.2) is 5.92 Å². The van der Waals surface area contributed by atoms with Gasteiger partial charge in [-0.2, -0.15) is 0 Å². The summed E-state index contributed by atoms with van der Waals surface area (Å²) < 4.78 is 15.6. The smallest absolute Gasteiger partial charge is 0.323 e. The van der Waals surface area contributed by atoms with E-state index in [0.29, 0.717) is 13.0 Å². The van der Waals surface area contributed by atoms with Crippen molar-refractivity contribution in [2.45, 2.75) is 33.3 Å². The highest BCUT2D eigenvalue weighted by Crippen LogP contribution is 2.17. The van der Waals surface area contributed by atoms with E-state index in [0.717, 1.165) is 5.69 Å². The minimum absolute atomic E-state index is 0.192. The van der Waals surface area contributed by atoms with E-state index in [1.54, 1.807) is 33.0 Å². The third-order valence-electron chi connectivity index (χ3n) is 2.97. The summed E-state index contributed by atoms with van der Waals surface area (Å²) in [6, 6.07) is 5.46. The van der Waals surface area contributed by atoms with E-state index in [1.165, 1.54) is 0 Å².